The highest BCUT2D eigenvalue weighted by atomic mass is 16.5. The van der Waals surface area contributed by atoms with Crippen LogP contribution < -0.4 is 4.74 Å². The molecule has 130 valence electrons. The fraction of sp³-hybridized carbons (Fsp3) is 0.579. The number of fused-ring (bicyclic) bond motifs is 1. The zero-order chi connectivity index (χ0) is 17.1. The molecule has 5 heteroatoms. The average Bonchev–Trinajstić information content (AvgIpc) is 2.80. The molecule has 1 aromatic carbocycles. The Kier molecular flexibility index (Phi) is 5.07. The van der Waals surface area contributed by atoms with E-state index in [1.807, 2.05) is 36.1 Å². The van der Waals surface area contributed by atoms with E-state index in [9.17, 15) is 9.59 Å². The molecule has 1 aliphatic heterocycles. The van der Waals surface area contributed by atoms with Crippen molar-refractivity contribution < 1.29 is 19.1 Å². The van der Waals surface area contributed by atoms with Crippen molar-refractivity contribution in [2.24, 2.45) is 11.8 Å². The van der Waals surface area contributed by atoms with E-state index in [2.05, 4.69) is 0 Å². The summed E-state index contributed by atoms with van der Waals surface area (Å²) >= 11 is 0. The van der Waals surface area contributed by atoms with Crippen molar-refractivity contribution in [1.29, 1.82) is 0 Å². The van der Waals surface area contributed by atoms with Crippen molar-refractivity contribution in [2.45, 2.75) is 45.2 Å². The van der Waals surface area contributed by atoms with E-state index in [1.165, 1.54) is 7.11 Å². The minimum Gasteiger partial charge on any atom is -0.491 e. The maximum atomic E-state index is 13.1. The van der Waals surface area contributed by atoms with Gasteiger partial charge in [-0.05, 0) is 32.3 Å². The Labute approximate surface area is 142 Å². The SMILES string of the molecule is COC(=O)C1CCCC(C(=O)N2Cc3ccccc3OCC2C)C1. The summed E-state index contributed by atoms with van der Waals surface area (Å²) in [5.74, 6) is 0.552. The van der Waals surface area contributed by atoms with Crippen LogP contribution in [0.4, 0.5) is 0 Å². The van der Waals surface area contributed by atoms with Crippen LogP contribution in [0.3, 0.4) is 0 Å². The molecule has 3 atom stereocenters. The van der Waals surface area contributed by atoms with E-state index >= 15 is 0 Å². The average molecular weight is 331 g/mol. The minimum absolute atomic E-state index is 0.0170. The first-order chi connectivity index (χ1) is 11.6. The fourth-order valence-electron chi connectivity index (χ4n) is 3.74. The van der Waals surface area contributed by atoms with Crippen LogP contribution in [0.1, 0.15) is 38.2 Å². The van der Waals surface area contributed by atoms with Gasteiger partial charge in [-0.3, -0.25) is 9.59 Å². The Morgan fingerprint density at radius 3 is 2.75 bits per heavy atom. The number of carbonyl (C=O) groups is 2. The lowest BCUT2D eigenvalue weighted by Crippen LogP contribution is -2.44. The van der Waals surface area contributed by atoms with E-state index in [-0.39, 0.29) is 29.8 Å². The van der Waals surface area contributed by atoms with E-state index < -0.39 is 0 Å². The van der Waals surface area contributed by atoms with Gasteiger partial charge < -0.3 is 14.4 Å². The Morgan fingerprint density at radius 2 is 1.96 bits per heavy atom. The molecule has 0 spiro atoms. The molecule has 1 fully saturated rings. The fourth-order valence-corrected chi connectivity index (χ4v) is 3.74. The van der Waals surface area contributed by atoms with Crippen LogP contribution in [0.5, 0.6) is 5.75 Å². The second-order valence-electron chi connectivity index (χ2n) is 6.82. The van der Waals surface area contributed by atoms with E-state index in [0.717, 1.165) is 30.6 Å². The number of benzene rings is 1. The van der Waals surface area contributed by atoms with Crippen LogP contribution in [0, 0.1) is 11.8 Å². The summed E-state index contributed by atoms with van der Waals surface area (Å²) in [4.78, 5) is 26.8. The molecule has 1 aliphatic carbocycles. The molecule has 1 saturated carbocycles. The summed E-state index contributed by atoms with van der Waals surface area (Å²) in [5, 5.41) is 0. The van der Waals surface area contributed by atoms with Crippen LogP contribution in [-0.2, 0) is 20.9 Å². The second kappa shape index (κ2) is 7.24. The maximum Gasteiger partial charge on any atom is 0.308 e. The van der Waals surface area contributed by atoms with Crippen LogP contribution in [0.2, 0.25) is 0 Å². The van der Waals surface area contributed by atoms with Gasteiger partial charge in [-0.2, -0.15) is 0 Å². The van der Waals surface area contributed by atoms with Gasteiger partial charge in [0.2, 0.25) is 5.91 Å². The third-order valence-corrected chi connectivity index (χ3v) is 5.17. The lowest BCUT2D eigenvalue weighted by Gasteiger charge is -2.33. The second-order valence-corrected chi connectivity index (χ2v) is 6.82. The van der Waals surface area contributed by atoms with Crippen molar-refractivity contribution in [1.82, 2.24) is 4.90 Å². The highest BCUT2D eigenvalue weighted by molar-refractivity contribution is 5.81. The van der Waals surface area contributed by atoms with E-state index in [1.54, 1.807) is 0 Å². The molecule has 24 heavy (non-hydrogen) atoms. The molecule has 0 radical (unpaired) electrons. The third-order valence-electron chi connectivity index (χ3n) is 5.17. The minimum atomic E-state index is -0.190. The van der Waals surface area contributed by atoms with Crippen molar-refractivity contribution in [3.8, 4) is 5.75 Å². The molecule has 3 unspecified atom stereocenters. The first kappa shape index (κ1) is 16.8. The molecular weight excluding hydrogens is 306 g/mol. The van der Waals surface area contributed by atoms with Gasteiger partial charge in [0.25, 0.3) is 0 Å². The van der Waals surface area contributed by atoms with E-state index in [4.69, 9.17) is 9.47 Å². The predicted molar refractivity (Wildman–Crippen MR) is 89.4 cm³/mol. The summed E-state index contributed by atoms with van der Waals surface area (Å²) in [6, 6.07) is 7.89. The Morgan fingerprint density at radius 1 is 1.21 bits per heavy atom. The molecule has 2 aliphatic rings. The van der Waals surface area contributed by atoms with Crippen LogP contribution in [-0.4, -0.2) is 36.5 Å². The molecule has 5 nitrogen and oxygen atoms in total. The highest BCUT2D eigenvalue weighted by Gasteiger charge is 2.36. The van der Waals surface area contributed by atoms with Gasteiger partial charge >= 0.3 is 5.97 Å². The van der Waals surface area contributed by atoms with Crippen molar-refractivity contribution in [3.05, 3.63) is 29.8 Å². The van der Waals surface area contributed by atoms with Gasteiger partial charge in [-0.15, -0.1) is 0 Å². The molecule has 1 aromatic rings. The predicted octanol–water partition coefficient (Wildman–Crippen LogP) is 2.78. The Hall–Kier alpha value is -2.04. The Bertz CT molecular complexity index is 615. The monoisotopic (exact) mass is 331 g/mol. The number of amides is 1. The molecule has 3 rings (SSSR count). The highest BCUT2D eigenvalue weighted by Crippen LogP contribution is 2.33. The first-order valence-electron chi connectivity index (χ1n) is 8.69. The zero-order valence-electron chi connectivity index (χ0n) is 14.4. The van der Waals surface area contributed by atoms with Gasteiger partial charge in [0.15, 0.2) is 0 Å². The number of hydrogen-bond donors (Lipinski definition) is 0. The van der Waals surface area contributed by atoms with Gasteiger partial charge in [0.1, 0.15) is 12.4 Å². The molecule has 0 bridgehead atoms. The zero-order valence-corrected chi connectivity index (χ0v) is 14.4. The quantitative estimate of drug-likeness (QED) is 0.782. The number of ether oxygens (including phenoxy) is 2. The van der Waals surface area contributed by atoms with Crippen molar-refractivity contribution in [3.63, 3.8) is 0 Å². The number of hydrogen-bond acceptors (Lipinski definition) is 4. The van der Waals surface area contributed by atoms with Crippen molar-refractivity contribution >= 4 is 11.9 Å². The number of esters is 1. The Balaban J connectivity index is 1.74. The van der Waals surface area contributed by atoms with E-state index in [0.29, 0.717) is 19.6 Å². The lowest BCUT2D eigenvalue weighted by atomic mass is 9.80. The summed E-state index contributed by atoms with van der Waals surface area (Å²) in [5.41, 5.74) is 1.04. The standard InChI is InChI=1S/C19H25NO4/c1-13-12-24-17-9-4-3-6-16(17)11-20(13)18(21)14-7-5-8-15(10-14)19(22)23-2/h3-4,6,9,13-15H,5,7-8,10-12H2,1-2H3. The van der Waals surface area contributed by atoms with Gasteiger partial charge in [0, 0.05) is 18.0 Å². The normalized spacial score (nSPS) is 26.8. The topological polar surface area (TPSA) is 55.8 Å². The summed E-state index contributed by atoms with van der Waals surface area (Å²) in [6.45, 7) is 3.08. The molecule has 0 saturated heterocycles. The molecule has 1 heterocycles. The summed E-state index contributed by atoms with van der Waals surface area (Å²) in [6.07, 6.45) is 3.15. The number of nitrogens with zero attached hydrogens (tertiary/aromatic N) is 1. The summed E-state index contributed by atoms with van der Waals surface area (Å²) < 4.78 is 10.7. The third kappa shape index (κ3) is 3.40. The maximum absolute atomic E-state index is 13.1. The largest absolute Gasteiger partial charge is 0.491 e. The van der Waals surface area contributed by atoms with Crippen LogP contribution in [0.15, 0.2) is 24.3 Å². The van der Waals surface area contributed by atoms with Crippen LogP contribution >= 0.6 is 0 Å². The smallest absolute Gasteiger partial charge is 0.308 e. The molecule has 0 aromatic heterocycles. The summed E-state index contributed by atoms with van der Waals surface area (Å²) in [7, 11) is 1.42. The van der Waals surface area contributed by atoms with Crippen molar-refractivity contribution in [2.75, 3.05) is 13.7 Å². The van der Waals surface area contributed by atoms with Crippen LogP contribution in [0.25, 0.3) is 0 Å². The lowest BCUT2D eigenvalue weighted by molar-refractivity contribution is -0.149. The van der Waals surface area contributed by atoms with Gasteiger partial charge in [-0.25, -0.2) is 0 Å². The number of carbonyl (C=O) groups excluding carboxylic acids is 2. The van der Waals surface area contributed by atoms with Gasteiger partial charge in [0.05, 0.1) is 19.1 Å². The number of rotatable bonds is 2. The van der Waals surface area contributed by atoms with Gasteiger partial charge in [-0.1, -0.05) is 24.6 Å². The first-order valence-corrected chi connectivity index (χ1v) is 8.69. The molecular formula is C19H25NO4. The molecule has 0 N–H and O–H groups in total. The molecule has 1 amide bonds. The number of para-hydroxylation sites is 1. The number of methoxy groups -OCH3 is 1.